The summed E-state index contributed by atoms with van der Waals surface area (Å²) in [6.45, 7) is 3.22. The average Bonchev–Trinajstić information content (AvgIpc) is 1.66. The molecule has 6 rings (SSSR count). The average molecular weight is 1890 g/mol. The minimum atomic E-state index is -1.93. The number of hydrogen-bond donors (Lipinski definition) is 24. The number of carboxylic acid groups (broad SMARTS) is 1. The van der Waals surface area contributed by atoms with Crippen LogP contribution in [0.1, 0.15) is 237 Å². The lowest BCUT2D eigenvalue weighted by Gasteiger charge is -2.31. The Morgan fingerprint density at radius 2 is 1.14 bits per heavy atom. The van der Waals surface area contributed by atoms with Crippen LogP contribution in [0, 0.1) is 5.41 Å². The zero-order valence-electron chi connectivity index (χ0n) is 77.7. The molecule has 0 saturated carbocycles. The molecule has 0 aliphatic carbocycles. The van der Waals surface area contributed by atoms with Crippen molar-refractivity contribution in [3.63, 3.8) is 0 Å². The Morgan fingerprint density at radius 1 is 0.570 bits per heavy atom. The predicted octanol–water partition coefficient (Wildman–Crippen LogP) is -0.844. The van der Waals surface area contributed by atoms with Crippen molar-refractivity contribution in [1.82, 2.24) is 94.3 Å². The number of hydrogen-bond acceptors (Lipinski definition) is 23. The van der Waals surface area contributed by atoms with Crippen LogP contribution in [0.5, 0.6) is 0 Å². The monoisotopic (exact) mass is 1890 g/mol. The van der Waals surface area contributed by atoms with Crippen molar-refractivity contribution in [2.75, 3.05) is 39.3 Å². The van der Waals surface area contributed by atoms with Crippen LogP contribution in [-0.2, 0) is 101 Å². The van der Waals surface area contributed by atoms with E-state index in [0.717, 1.165) is 48.4 Å². The van der Waals surface area contributed by atoms with Gasteiger partial charge in [-0.2, -0.15) is 0 Å². The number of aromatic amines is 2. The highest BCUT2D eigenvalue weighted by molar-refractivity contribution is 6.01. The lowest BCUT2D eigenvalue weighted by molar-refractivity contribution is -0.143. The smallest absolute Gasteiger partial charge is 0.303 e. The van der Waals surface area contributed by atoms with Crippen LogP contribution in [0.25, 0.3) is 10.9 Å². The van der Waals surface area contributed by atoms with Crippen LogP contribution >= 0.6 is 0 Å². The van der Waals surface area contributed by atoms with Gasteiger partial charge in [-0.3, -0.25) is 86.9 Å². The van der Waals surface area contributed by atoms with Crippen LogP contribution in [0.2, 0.25) is 0 Å². The van der Waals surface area contributed by atoms with Gasteiger partial charge >= 0.3 is 5.97 Å². The quantitative estimate of drug-likeness (QED) is 0.0146. The number of aliphatic hydroxyl groups excluding tert-OH is 3. The summed E-state index contributed by atoms with van der Waals surface area (Å²) >= 11 is 0. The number of fused-ring (bicyclic) bond motifs is 2. The fraction of sp³-hybridized carbons (Fsp3) is 0.620. The molecule has 2 fully saturated rings. The van der Waals surface area contributed by atoms with Gasteiger partial charge in [0.25, 0.3) is 0 Å². The number of carbonyl (C=O) groups excluding carboxylic acids is 16. The minimum Gasteiger partial charge on any atom is -0.481 e. The summed E-state index contributed by atoms with van der Waals surface area (Å²) in [5.74, 6) is -16.1. The highest BCUT2D eigenvalue weighted by Crippen LogP contribution is 2.24. The number of amides is 15. The third-order valence-corrected chi connectivity index (χ3v) is 23.5. The molecule has 14 atom stereocenters. The lowest BCUT2D eigenvalue weighted by Crippen LogP contribution is -2.61. The molecule has 4 heterocycles. The molecule has 2 aromatic heterocycles. The number of unbranched alkanes of at least 4 members (excludes halogenated alkanes) is 13. The fourth-order valence-corrected chi connectivity index (χ4v) is 15.9. The maximum absolute atomic E-state index is 15.4. The van der Waals surface area contributed by atoms with E-state index in [0.29, 0.717) is 30.4 Å². The zero-order valence-corrected chi connectivity index (χ0v) is 77.7. The molecule has 2 aliphatic heterocycles. The molecule has 2 saturated heterocycles. The Hall–Kier alpha value is -12.5. The number of primary amides is 2. The third kappa shape index (κ3) is 41.1. The van der Waals surface area contributed by atoms with Gasteiger partial charge in [0.1, 0.15) is 78.3 Å². The molecule has 135 heavy (non-hydrogen) atoms. The number of guanidine groups is 1. The van der Waals surface area contributed by atoms with Crippen molar-refractivity contribution in [3.05, 3.63) is 90.1 Å². The van der Waals surface area contributed by atoms with Crippen molar-refractivity contribution in [2.45, 2.75) is 324 Å². The van der Waals surface area contributed by atoms with Gasteiger partial charge in [0.15, 0.2) is 5.96 Å². The molecule has 4 unspecified atom stereocenters. The summed E-state index contributed by atoms with van der Waals surface area (Å²) in [5, 5.41) is 87.6. The van der Waals surface area contributed by atoms with E-state index in [2.05, 4.69) is 96.3 Å². The number of nitrogens with two attached hydrogens (primary N) is 3. The van der Waals surface area contributed by atoms with E-state index in [1.54, 1.807) is 55.6 Å². The van der Waals surface area contributed by atoms with E-state index in [4.69, 9.17) is 22.6 Å². The Labute approximate surface area is 785 Å². The van der Waals surface area contributed by atoms with Gasteiger partial charge in [0.05, 0.1) is 37.4 Å². The number of H-pyrrole nitrogens is 2. The van der Waals surface area contributed by atoms with Crippen molar-refractivity contribution >= 4 is 117 Å². The summed E-state index contributed by atoms with van der Waals surface area (Å²) in [7, 11) is 0. The van der Waals surface area contributed by atoms with Crippen molar-refractivity contribution in [2.24, 2.45) is 17.2 Å². The summed E-state index contributed by atoms with van der Waals surface area (Å²) in [6, 6.07) is -3.37. The number of carboxylic acids is 1. The van der Waals surface area contributed by atoms with Crippen LogP contribution in [0.3, 0.4) is 0 Å². The van der Waals surface area contributed by atoms with E-state index < -0.39 is 243 Å². The highest BCUT2D eigenvalue weighted by atomic mass is 16.4. The maximum atomic E-state index is 15.4. The molecule has 2 aromatic carbocycles. The largest absolute Gasteiger partial charge is 0.481 e. The Kier molecular flexibility index (Phi) is 50.0. The van der Waals surface area contributed by atoms with Crippen LogP contribution in [0.4, 0.5) is 0 Å². The Morgan fingerprint density at radius 3 is 1.79 bits per heavy atom. The van der Waals surface area contributed by atoms with Gasteiger partial charge < -0.3 is 127 Å². The lowest BCUT2D eigenvalue weighted by atomic mass is 10.0. The third-order valence-electron chi connectivity index (χ3n) is 23.5. The molecule has 2 aliphatic rings. The van der Waals surface area contributed by atoms with Gasteiger partial charge in [-0.15, -0.1) is 0 Å². The van der Waals surface area contributed by atoms with Gasteiger partial charge in [0.2, 0.25) is 88.6 Å². The number of carbonyl (C=O) groups is 17. The Balaban J connectivity index is 1.17. The number of para-hydroxylation sites is 1. The molecule has 746 valence electrons. The second kappa shape index (κ2) is 60.7. The van der Waals surface area contributed by atoms with Crippen molar-refractivity contribution in [1.29, 1.82) is 5.41 Å². The first-order valence-electron chi connectivity index (χ1n) is 47.2. The molecule has 4 aromatic rings. The first-order valence-corrected chi connectivity index (χ1v) is 47.2. The number of rotatable bonds is 53. The van der Waals surface area contributed by atoms with E-state index in [1.807, 2.05) is 12.1 Å². The summed E-state index contributed by atoms with van der Waals surface area (Å²) in [6.07, 6.45) is 12.6. The summed E-state index contributed by atoms with van der Waals surface area (Å²) < 4.78 is 0. The molecular weight excluding hydrogens is 1750 g/mol. The number of Topliss-reactive ketones (excluding diaryl/α,β-unsaturated/α-hetero) is 1. The number of benzene rings is 2. The summed E-state index contributed by atoms with van der Waals surface area (Å²) in [4.78, 5) is 249. The fourth-order valence-electron chi connectivity index (χ4n) is 15.9. The SMILES string of the molecule is CCCCCCCCCCCCCCCC(=O)NC(CCC(=O)O)C(=O)NCCCC(=O)N[C@H](C(=O)N[C@@H](CCC(N)=O)C(=O)N[C@@H](Cc1c[nH]cn1)C(=O)N[C@@H](CO)C(=O)N[C@@H](CCCC)C(=O)N[C@H]1CCC(=O)CNCCCC[C@@H](C(N)=O)NC(=O)[C@H](Cc2c[nH]c3ccccc23)NC(=O)[C@H](CCCNC(=N)N)NC(=O)C(Cc2ccccc2)NC(=O)[C@@H]2CC(O)CN2C1=O)C(C)O. The second-order valence-electron chi connectivity index (χ2n) is 34.7. The van der Waals surface area contributed by atoms with Gasteiger partial charge in [0, 0.05) is 101 Å². The molecular formula is C92H142N22O21. The van der Waals surface area contributed by atoms with E-state index in [-0.39, 0.29) is 115 Å². The number of nitrogens with zero attached hydrogens (tertiary/aromatic N) is 2. The molecule has 0 bridgehead atoms. The predicted molar refractivity (Wildman–Crippen MR) is 497 cm³/mol. The zero-order chi connectivity index (χ0) is 98.7. The maximum Gasteiger partial charge on any atom is 0.303 e. The van der Waals surface area contributed by atoms with E-state index in [9.17, 15) is 87.5 Å². The normalized spacial score (nSPS) is 19.4. The van der Waals surface area contributed by atoms with Gasteiger partial charge in [-0.1, -0.05) is 152 Å². The number of ketones is 1. The van der Waals surface area contributed by atoms with E-state index >= 15 is 14.4 Å². The standard InChI is InChI=1S/C92H142N22O21/c1-4-6-8-9-10-11-12-13-14-15-16-17-21-35-76(120)103-67(40-42-78(122)123)81(125)99-44-27-36-77(121)113-79(56(3)116)90(134)107-68(39-41-75(93)119)84(128)110-72(48-59-51-98-55-102-59)87(131)112-73(54-115)88(132)106-65(31-7-5-2)82(126)108-69-38-37-60(117)52-97-43-25-24-33-64(80(94)124)104-86(130)71(47-58-50-101-63-32-23-22-30-62(58)63)109-83(127)66(34-26-45-100-92(95)96)105-85(129)70(46-57-28-19-18-20-29-57)111-89(133)74-49-61(118)53-114(74)91(69)135/h18-20,22-23,28-30,32,50-51,55-56,61,64-74,79,97,101,115-116,118H,4-17,21,24-27,31,33-49,52-54H2,1-3H3,(H2,93,119)(H2,94,124)(H,98,102)(H,99,125)(H,103,120)(H,104,130)(H,105,129)(H,106,132)(H,107,134)(H,108,126)(H,109,127)(H,110,128)(H,111,133)(H,112,131)(H,113,121)(H,122,123)(H4,95,96,100)/t56?,61?,64-,65-,66-,67?,68-,69-,70?,71-,72-,73-,74-,79-/m0/s1. The minimum absolute atomic E-state index is 0.0109. The van der Waals surface area contributed by atoms with Gasteiger partial charge in [-0.05, 0) is 101 Å². The van der Waals surface area contributed by atoms with Crippen molar-refractivity contribution < 1.29 is 102 Å². The number of aliphatic hydroxyl groups is 3. The summed E-state index contributed by atoms with van der Waals surface area (Å²) in [5.41, 5.74) is 18.9. The number of nitrogens with one attached hydrogen (secondary N) is 17. The second-order valence-corrected chi connectivity index (χ2v) is 34.7. The molecule has 0 radical (unpaired) electrons. The molecule has 0 spiro atoms. The van der Waals surface area contributed by atoms with Crippen molar-refractivity contribution in [3.8, 4) is 0 Å². The molecule has 15 amide bonds. The van der Waals surface area contributed by atoms with E-state index in [1.165, 1.54) is 63.9 Å². The highest BCUT2D eigenvalue weighted by Gasteiger charge is 2.45. The van der Waals surface area contributed by atoms with Crippen LogP contribution < -0.4 is 91.6 Å². The molecule has 27 N–H and O–H groups in total. The number of aliphatic carboxylic acids is 1. The molecule has 43 nitrogen and oxygen atoms in total. The Bertz CT molecular complexity index is 4520. The topological polar surface area (TPSA) is 689 Å². The first kappa shape index (κ1) is 111. The van der Waals surface area contributed by atoms with Gasteiger partial charge in [-0.25, -0.2) is 4.98 Å². The van der Waals surface area contributed by atoms with Crippen LogP contribution in [-0.4, -0.2) is 271 Å². The molecule has 43 heteroatoms. The number of aromatic nitrogens is 3. The number of imidazole rings is 1. The first-order chi connectivity index (χ1) is 64.7. The van der Waals surface area contributed by atoms with Crippen LogP contribution in [0.15, 0.2) is 73.3 Å².